The van der Waals surface area contributed by atoms with Gasteiger partial charge in [0.05, 0.1) is 18.6 Å². The summed E-state index contributed by atoms with van der Waals surface area (Å²) in [6.07, 6.45) is 5.34. The highest BCUT2D eigenvalue weighted by atomic mass is 35.5. The van der Waals surface area contributed by atoms with Crippen molar-refractivity contribution in [3.8, 4) is 5.69 Å². The van der Waals surface area contributed by atoms with Crippen LogP contribution < -0.4 is 11.1 Å². The summed E-state index contributed by atoms with van der Waals surface area (Å²) in [5.74, 6) is 0.945. The van der Waals surface area contributed by atoms with E-state index in [9.17, 15) is 0 Å². The van der Waals surface area contributed by atoms with Crippen molar-refractivity contribution < 1.29 is 0 Å². The molecule has 21 heavy (non-hydrogen) atoms. The van der Waals surface area contributed by atoms with Crippen LogP contribution in [0.4, 0.5) is 0 Å². The lowest BCUT2D eigenvalue weighted by Gasteiger charge is -2.11. The summed E-state index contributed by atoms with van der Waals surface area (Å²) in [6.45, 7) is 5.45. The Labute approximate surface area is 129 Å². The number of aliphatic imine (C=N–C) groups is 1. The zero-order chi connectivity index (χ0) is 15.2. The van der Waals surface area contributed by atoms with Crippen LogP contribution in [0, 0.1) is 5.92 Å². The van der Waals surface area contributed by atoms with E-state index < -0.39 is 0 Å². The summed E-state index contributed by atoms with van der Waals surface area (Å²) in [6, 6.07) is 5.74. The lowest BCUT2D eigenvalue weighted by atomic mass is 10.1. The number of aromatic nitrogens is 2. The van der Waals surface area contributed by atoms with Gasteiger partial charge in [0.1, 0.15) is 0 Å². The average Bonchev–Trinajstić information content (AvgIpc) is 2.97. The van der Waals surface area contributed by atoms with Gasteiger partial charge in [-0.1, -0.05) is 31.5 Å². The molecule has 1 heterocycles. The zero-order valence-corrected chi connectivity index (χ0v) is 13.0. The summed E-state index contributed by atoms with van der Waals surface area (Å²) in [5.41, 5.74) is 7.75. The molecule has 0 bridgehead atoms. The van der Waals surface area contributed by atoms with Crippen LogP contribution in [-0.4, -0.2) is 22.1 Å². The van der Waals surface area contributed by atoms with Gasteiger partial charge in [-0.3, -0.25) is 0 Å². The fourth-order valence-corrected chi connectivity index (χ4v) is 2.11. The fraction of sp³-hybridized carbons (Fsp3) is 0.333. The molecule has 0 unspecified atom stereocenters. The van der Waals surface area contributed by atoms with Gasteiger partial charge in [0.15, 0.2) is 5.96 Å². The number of nitrogens with two attached hydrogens (primary N) is 1. The van der Waals surface area contributed by atoms with Gasteiger partial charge in [-0.2, -0.15) is 0 Å². The van der Waals surface area contributed by atoms with Gasteiger partial charge >= 0.3 is 0 Å². The third kappa shape index (κ3) is 4.23. The molecule has 0 fully saturated rings. The molecule has 0 aliphatic carbocycles. The quantitative estimate of drug-likeness (QED) is 0.659. The number of hydrogen-bond acceptors (Lipinski definition) is 2. The van der Waals surface area contributed by atoms with E-state index in [1.54, 1.807) is 12.5 Å². The molecule has 6 heteroatoms. The van der Waals surface area contributed by atoms with E-state index >= 15 is 0 Å². The average molecular weight is 306 g/mol. The lowest BCUT2D eigenvalue weighted by Crippen LogP contribution is -2.34. The largest absolute Gasteiger partial charge is 0.370 e. The summed E-state index contributed by atoms with van der Waals surface area (Å²) >= 11 is 6.29. The van der Waals surface area contributed by atoms with Crippen molar-refractivity contribution in [2.75, 3.05) is 6.54 Å². The van der Waals surface area contributed by atoms with Gasteiger partial charge in [-0.05, 0) is 18.1 Å². The molecule has 0 saturated carbocycles. The smallest absolute Gasteiger partial charge is 0.188 e. The van der Waals surface area contributed by atoms with E-state index in [0.717, 1.165) is 17.8 Å². The van der Waals surface area contributed by atoms with Crippen LogP contribution >= 0.6 is 11.6 Å². The van der Waals surface area contributed by atoms with Crippen molar-refractivity contribution in [3.63, 3.8) is 0 Å². The first kappa shape index (κ1) is 15.4. The first-order valence-electron chi connectivity index (χ1n) is 6.87. The van der Waals surface area contributed by atoms with Crippen molar-refractivity contribution in [1.82, 2.24) is 14.9 Å². The Hall–Kier alpha value is -2.01. The van der Waals surface area contributed by atoms with E-state index in [-0.39, 0.29) is 0 Å². The molecule has 112 valence electrons. The Morgan fingerprint density at radius 2 is 2.29 bits per heavy atom. The number of imidazole rings is 1. The van der Waals surface area contributed by atoms with Gasteiger partial charge in [0, 0.05) is 29.5 Å². The van der Waals surface area contributed by atoms with E-state index in [4.69, 9.17) is 17.3 Å². The molecule has 1 aromatic carbocycles. The third-order valence-electron chi connectivity index (χ3n) is 2.98. The standard InChI is InChI=1S/C15H20ClN5/c1-11(2)8-19-15(17)20-9-12-13(16)4-3-5-14(12)21-7-6-18-10-21/h3-7,10-11H,8-9H2,1-2H3,(H3,17,19,20). The molecule has 0 atom stereocenters. The van der Waals surface area contributed by atoms with Crippen LogP contribution in [0.1, 0.15) is 19.4 Å². The molecule has 2 rings (SSSR count). The summed E-state index contributed by atoms with van der Waals surface area (Å²) in [5, 5.41) is 3.76. The minimum Gasteiger partial charge on any atom is -0.370 e. The van der Waals surface area contributed by atoms with Crippen LogP contribution in [-0.2, 0) is 6.54 Å². The molecule has 2 aromatic rings. The Kier molecular flexibility index (Phi) is 5.22. The number of nitrogens with one attached hydrogen (secondary N) is 1. The normalized spacial score (nSPS) is 11.9. The summed E-state index contributed by atoms with van der Waals surface area (Å²) in [4.78, 5) is 8.42. The second kappa shape index (κ2) is 7.13. The lowest BCUT2D eigenvalue weighted by molar-refractivity contribution is 0.622. The first-order valence-corrected chi connectivity index (χ1v) is 7.25. The molecule has 0 aliphatic heterocycles. The van der Waals surface area contributed by atoms with Gasteiger partial charge in [0.2, 0.25) is 0 Å². The van der Waals surface area contributed by atoms with Crippen molar-refractivity contribution in [1.29, 1.82) is 0 Å². The Morgan fingerprint density at radius 3 is 2.95 bits per heavy atom. The Morgan fingerprint density at radius 1 is 1.48 bits per heavy atom. The van der Waals surface area contributed by atoms with E-state index in [1.165, 1.54) is 0 Å². The highest BCUT2D eigenvalue weighted by molar-refractivity contribution is 6.31. The number of rotatable bonds is 5. The zero-order valence-electron chi connectivity index (χ0n) is 12.3. The second-order valence-electron chi connectivity index (χ2n) is 5.18. The molecule has 0 spiro atoms. The monoisotopic (exact) mass is 305 g/mol. The number of hydrogen-bond donors (Lipinski definition) is 2. The number of nitrogens with zero attached hydrogens (tertiary/aromatic N) is 3. The predicted molar refractivity (Wildman–Crippen MR) is 86.7 cm³/mol. The van der Waals surface area contributed by atoms with Gasteiger partial charge in [0.25, 0.3) is 0 Å². The molecule has 0 aliphatic rings. The maximum atomic E-state index is 6.29. The van der Waals surface area contributed by atoms with Crippen LogP contribution in [0.5, 0.6) is 0 Å². The Bertz CT molecular complexity index is 605. The SMILES string of the molecule is CC(C)CNC(N)=NCc1c(Cl)cccc1-n1ccnc1. The van der Waals surface area contributed by atoms with Gasteiger partial charge < -0.3 is 15.6 Å². The summed E-state index contributed by atoms with van der Waals surface area (Å²) < 4.78 is 1.91. The van der Waals surface area contributed by atoms with E-state index in [1.807, 2.05) is 29.0 Å². The van der Waals surface area contributed by atoms with Crippen molar-refractivity contribution in [2.45, 2.75) is 20.4 Å². The molecule has 0 radical (unpaired) electrons. The van der Waals surface area contributed by atoms with Gasteiger partial charge in [-0.25, -0.2) is 9.98 Å². The van der Waals surface area contributed by atoms with Crippen LogP contribution in [0.2, 0.25) is 5.02 Å². The minimum absolute atomic E-state index is 0.421. The van der Waals surface area contributed by atoms with Gasteiger partial charge in [-0.15, -0.1) is 0 Å². The third-order valence-corrected chi connectivity index (χ3v) is 3.33. The molecular weight excluding hydrogens is 286 g/mol. The predicted octanol–water partition coefficient (Wildman–Crippen LogP) is 2.59. The minimum atomic E-state index is 0.421. The van der Waals surface area contributed by atoms with Crippen LogP contribution in [0.25, 0.3) is 5.69 Å². The molecular formula is C15H20ClN5. The summed E-state index contributed by atoms with van der Waals surface area (Å²) in [7, 11) is 0. The maximum Gasteiger partial charge on any atom is 0.188 e. The topological polar surface area (TPSA) is 68.2 Å². The van der Waals surface area contributed by atoms with Crippen LogP contribution in [0.3, 0.4) is 0 Å². The van der Waals surface area contributed by atoms with Crippen molar-refractivity contribution in [2.24, 2.45) is 16.6 Å². The van der Waals surface area contributed by atoms with Crippen LogP contribution in [0.15, 0.2) is 41.9 Å². The highest BCUT2D eigenvalue weighted by Crippen LogP contribution is 2.24. The number of halogens is 1. The number of guanidine groups is 1. The molecule has 5 nitrogen and oxygen atoms in total. The Balaban J connectivity index is 2.18. The first-order chi connectivity index (χ1) is 10.1. The molecule has 0 amide bonds. The van der Waals surface area contributed by atoms with E-state index in [2.05, 4.69) is 29.1 Å². The number of benzene rings is 1. The highest BCUT2D eigenvalue weighted by Gasteiger charge is 2.08. The fourth-order valence-electron chi connectivity index (χ4n) is 1.88. The van der Waals surface area contributed by atoms with E-state index in [0.29, 0.717) is 23.4 Å². The maximum absolute atomic E-state index is 6.29. The second-order valence-corrected chi connectivity index (χ2v) is 5.59. The molecule has 3 N–H and O–H groups in total. The van der Waals surface area contributed by atoms with Crippen molar-refractivity contribution >= 4 is 17.6 Å². The molecule has 0 saturated heterocycles. The van der Waals surface area contributed by atoms with Crippen molar-refractivity contribution in [3.05, 3.63) is 47.5 Å². The molecule has 1 aromatic heterocycles.